The largest absolute Gasteiger partial charge is 0.454 e. The maximum atomic E-state index is 10.8. The molecule has 136 valence electrons. The lowest BCUT2D eigenvalue weighted by Crippen LogP contribution is -3.13. The van der Waals surface area contributed by atoms with Crippen molar-refractivity contribution in [2.24, 2.45) is 0 Å². The third-order valence-corrected chi connectivity index (χ3v) is 5.15. The number of hydrogen-bond donors (Lipinski definition) is 1. The van der Waals surface area contributed by atoms with Crippen LogP contribution in [0.3, 0.4) is 0 Å². The third-order valence-electron chi connectivity index (χ3n) is 4.84. The molecule has 0 radical (unpaired) electrons. The van der Waals surface area contributed by atoms with Crippen molar-refractivity contribution in [3.05, 3.63) is 57.1 Å². The number of nitrogens with one attached hydrogen (secondary N) is 1. The van der Waals surface area contributed by atoms with E-state index in [4.69, 9.17) is 21.1 Å². The molecule has 2 aliphatic heterocycles. The molecule has 1 fully saturated rings. The molecular weight excluding hydrogens is 358 g/mol. The fourth-order valence-electron chi connectivity index (χ4n) is 3.45. The number of hydrogen-bond acceptors (Lipinski definition) is 5. The van der Waals surface area contributed by atoms with Crippen LogP contribution in [-0.2, 0) is 6.54 Å². The molecule has 1 N–H and O–H groups in total. The van der Waals surface area contributed by atoms with Gasteiger partial charge in [-0.1, -0.05) is 11.6 Å². The van der Waals surface area contributed by atoms with E-state index in [1.165, 1.54) is 22.6 Å². The minimum atomic E-state index is -0.427. The number of rotatable bonds is 4. The number of piperazine rings is 1. The topological polar surface area (TPSA) is 69.3 Å². The maximum absolute atomic E-state index is 10.8. The molecule has 2 aliphatic rings. The predicted molar refractivity (Wildman–Crippen MR) is 97.3 cm³/mol. The number of nitro groups is 1. The Balaban J connectivity index is 1.37. The number of fused-ring (bicyclic) bond motifs is 1. The van der Waals surface area contributed by atoms with Gasteiger partial charge in [-0.05, 0) is 24.3 Å². The van der Waals surface area contributed by atoms with Gasteiger partial charge in [-0.2, -0.15) is 0 Å². The van der Waals surface area contributed by atoms with Crippen LogP contribution in [0.15, 0.2) is 36.4 Å². The van der Waals surface area contributed by atoms with E-state index in [2.05, 4.69) is 17.0 Å². The molecule has 0 saturated carbocycles. The minimum Gasteiger partial charge on any atom is -0.454 e. The zero-order valence-corrected chi connectivity index (χ0v) is 14.9. The lowest BCUT2D eigenvalue weighted by molar-refractivity contribution is -0.914. The van der Waals surface area contributed by atoms with E-state index >= 15 is 0 Å². The molecular formula is C18H19ClN3O4+. The van der Waals surface area contributed by atoms with Crippen LogP contribution < -0.4 is 19.3 Å². The van der Waals surface area contributed by atoms with Gasteiger partial charge < -0.3 is 19.3 Å². The molecule has 0 aliphatic carbocycles. The highest BCUT2D eigenvalue weighted by Gasteiger charge is 2.23. The highest BCUT2D eigenvalue weighted by molar-refractivity contribution is 6.33. The Morgan fingerprint density at radius 1 is 1.12 bits per heavy atom. The van der Waals surface area contributed by atoms with E-state index in [9.17, 15) is 10.1 Å². The Morgan fingerprint density at radius 3 is 2.62 bits per heavy atom. The van der Waals surface area contributed by atoms with E-state index in [-0.39, 0.29) is 5.69 Å². The molecule has 0 atom stereocenters. The Labute approximate surface area is 155 Å². The normalized spacial score (nSPS) is 16.7. The fourth-order valence-corrected chi connectivity index (χ4v) is 3.74. The van der Waals surface area contributed by atoms with Crippen molar-refractivity contribution in [1.82, 2.24) is 0 Å². The smallest absolute Gasteiger partial charge is 0.271 e. The SMILES string of the molecule is O=[N+]([O-])c1ccc(N2CC[NH+](Cc3ccc4c(c3)OCO4)CC2)c(Cl)c1. The molecule has 2 heterocycles. The van der Waals surface area contributed by atoms with Crippen LogP contribution in [0.4, 0.5) is 11.4 Å². The Bertz CT molecular complexity index is 837. The van der Waals surface area contributed by atoms with Gasteiger partial charge >= 0.3 is 0 Å². The molecule has 2 aromatic carbocycles. The first-order valence-corrected chi connectivity index (χ1v) is 8.89. The Hall–Kier alpha value is -2.51. The summed E-state index contributed by atoms with van der Waals surface area (Å²) in [6.45, 7) is 4.89. The number of quaternary nitrogens is 1. The number of ether oxygens (including phenoxy) is 2. The predicted octanol–water partition coefficient (Wildman–Crippen LogP) is 1.88. The summed E-state index contributed by atoms with van der Waals surface area (Å²) in [4.78, 5) is 14.1. The van der Waals surface area contributed by atoms with Gasteiger partial charge in [0.2, 0.25) is 6.79 Å². The second-order valence-corrected chi connectivity index (χ2v) is 6.90. The Kier molecular flexibility index (Phi) is 4.57. The molecule has 0 bridgehead atoms. The third kappa shape index (κ3) is 3.40. The summed E-state index contributed by atoms with van der Waals surface area (Å²) >= 11 is 6.25. The van der Waals surface area contributed by atoms with Crippen molar-refractivity contribution < 1.29 is 19.3 Å². The van der Waals surface area contributed by atoms with Crippen molar-refractivity contribution in [1.29, 1.82) is 0 Å². The van der Waals surface area contributed by atoms with Crippen molar-refractivity contribution in [3.63, 3.8) is 0 Å². The average molecular weight is 377 g/mol. The van der Waals surface area contributed by atoms with Gasteiger partial charge in [0.1, 0.15) is 6.54 Å². The second-order valence-electron chi connectivity index (χ2n) is 6.49. The maximum Gasteiger partial charge on any atom is 0.271 e. The van der Waals surface area contributed by atoms with Gasteiger partial charge in [0.15, 0.2) is 11.5 Å². The van der Waals surface area contributed by atoms with Crippen molar-refractivity contribution in [2.45, 2.75) is 6.54 Å². The molecule has 4 rings (SSSR count). The number of non-ortho nitro benzene ring substituents is 1. The minimum absolute atomic E-state index is 0.0193. The van der Waals surface area contributed by atoms with Crippen LogP contribution in [-0.4, -0.2) is 37.9 Å². The molecule has 0 spiro atoms. The molecule has 0 aromatic heterocycles. The number of anilines is 1. The fraction of sp³-hybridized carbons (Fsp3) is 0.333. The van der Waals surface area contributed by atoms with Crippen LogP contribution in [0, 0.1) is 10.1 Å². The monoisotopic (exact) mass is 376 g/mol. The highest BCUT2D eigenvalue weighted by atomic mass is 35.5. The quantitative estimate of drug-likeness (QED) is 0.651. The van der Waals surface area contributed by atoms with Gasteiger partial charge in [0.25, 0.3) is 5.69 Å². The van der Waals surface area contributed by atoms with Gasteiger partial charge in [-0.15, -0.1) is 0 Å². The Morgan fingerprint density at radius 2 is 1.88 bits per heavy atom. The molecule has 8 heteroatoms. The number of nitro benzene ring substituents is 1. The van der Waals surface area contributed by atoms with Crippen LogP contribution in [0.2, 0.25) is 5.02 Å². The van der Waals surface area contributed by atoms with Gasteiger partial charge in [0.05, 0.1) is 41.8 Å². The van der Waals surface area contributed by atoms with Crippen molar-refractivity contribution in [2.75, 3.05) is 37.9 Å². The summed E-state index contributed by atoms with van der Waals surface area (Å²) in [5.41, 5.74) is 2.11. The van der Waals surface area contributed by atoms with E-state index in [0.717, 1.165) is 49.9 Å². The molecule has 0 unspecified atom stereocenters. The molecule has 26 heavy (non-hydrogen) atoms. The van der Waals surface area contributed by atoms with E-state index in [0.29, 0.717) is 11.8 Å². The first-order chi connectivity index (χ1) is 12.6. The van der Waals surface area contributed by atoms with Crippen LogP contribution >= 0.6 is 11.6 Å². The molecule has 2 aromatic rings. The summed E-state index contributed by atoms with van der Waals surface area (Å²) in [5.74, 6) is 1.62. The molecule has 1 saturated heterocycles. The van der Waals surface area contributed by atoms with Gasteiger partial charge in [-0.3, -0.25) is 10.1 Å². The van der Waals surface area contributed by atoms with Crippen molar-refractivity contribution in [3.8, 4) is 11.5 Å². The van der Waals surface area contributed by atoms with Crippen LogP contribution in [0.5, 0.6) is 11.5 Å². The summed E-state index contributed by atoms with van der Waals surface area (Å²) in [7, 11) is 0. The lowest BCUT2D eigenvalue weighted by Gasteiger charge is -2.34. The average Bonchev–Trinajstić information content (AvgIpc) is 3.10. The molecule has 7 nitrogen and oxygen atoms in total. The number of halogens is 1. The number of nitrogens with zero attached hydrogens (tertiary/aromatic N) is 2. The number of benzene rings is 2. The lowest BCUT2D eigenvalue weighted by atomic mass is 10.1. The standard InChI is InChI=1S/C18H18ClN3O4/c19-15-10-14(22(23)24)2-3-16(15)21-7-5-20(6-8-21)11-13-1-4-17-18(9-13)26-12-25-17/h1-4,9-10H,5-8,11-12H2/p+1. The summed E-state index contributed by atoms with van der Waals surface area (Å²) in [6, 6.07) is 10.8. The van der Waals surface area contributed by atoms with Gasteiger partial charge in [0, 0.05) is 17.7 Å². The van der Waals surface area contributed by atoms with E-state index in [1.54, 1.807) is 6.07 Å². The zero-order valence-electron chi connectivity index (χ0n) is 14.1. The van der Waals surface area contributed by atoms with E-state index in [1.807, 2.05) is 6.07 Å². The molecule has 0 amide bonds. The highest BCUT2D eigenvalue weighted by Crippen LogP contribution is 2.32. The van der Waals surface area contributed by atoms with E-state index < -0.39 is 4.92 Å². The summed E-state index contributed by atoms with van der Waals surface area (Å²) in [5, 5.41) is 11.3. The second kappa shape index (κ2) is 7.01. The first kappa shape index (κ1) is 16.9. The summed E-state index contributed by atoms with van der Waals surface area (Å²) in [6.07, 6.45) is 0. The first-order valence-electron chi connectivity index (χ1n) is 8.51. The zero-order chi connectivity index (χ0) is 18.1. The van der Waals surface area contributed by atoms with Crippen LogP contribution in [0.25, 0.3) is 0 Å². The van der Waals surface area contributed by atoms with Crippen molar-refractivity contribution >= 4 is 23.0 Å². The van der Waals surface area contributed by atoms with Crippen LogP contribution in [0.1, 0.15) is 5.56 Å². The van der Waals surface area contributed by atoms with Gasteiger partial charge in [-0.25, -0.2) is 0 Å². The summed E-state index contributed by atoms with van der Waals surface area (Å²) < 4.78 is 10.8.